The van der Waals surface area contributed by atoms with Crippen molar-refractivity contribution in [3.63, 3.8) is 0 Å². The highest BCUT2D eigenvalue weighted by atomic mass is 35.5. The van der Waals surface area contributed by atoms with Gasteiger partial charge in [-0.1, -0.05) is 35.3 Å². The third kappa shape index (κ3) is 2.28. The van der Waals surface area contributed by atoms with Gasteiger partial charge in [0.15, 0.2) is 0 Å². The van der Waals surface area contributed by atoms with Crippen molar-refractivity contribution in [2.45, 2.75) is 18.4 Å². The zero-order valence-electron chi connectivity index (χ0n) is 10.9. The highest BCUT2D eigenvalue weighted by molar-refractivity contribution is 6.42. The average molecular weight is 309 g/mol. The van der Waals surface area contributed by atoms with E-state index in [1.807, 2.05) is 30.3 Å². The minimum Gasteiger partial charge on any atom is -0.497 e. The molecule has 2 nitrogen and oxygen atoms in total. The average Bonchev–Trinajstić information content (AvgIpc) is 2.78. The first-order valence-corrected chi connectivity index (χ1v) is 7.16. The molecule has 0 aliphatic heterocycles. The van der Waals surface area contributed by atoms with Gasteiger partial charge < -0.3 is 9.84 Å². The Morgan fingerprint density at radius 3 is 2.55 bits per heavy atom. The minimum absolute atomic E-state index is 0.116. The molecule has 2 atom stereocenters. The Bertz CT molecular complexity index is 655. The molecule has 104 valence electrons. The second-order valence-corrected chi connectivity index (χ2v) is 5.79. The second-order valence-electron chi connectivity index (χ2n) is 4.97. The van der Waals surface area contributed by atoms with E-state index in [-0.39, 0.29) is 5.92 Å². The topological polar surface area (TPSA) is 29.5 Å². The summed E-state index contributed by atoms with van der Waals surface area (Å²) >= 11 is 12.1. The van der Waals surface area contributed by atoms with E-state index in [1.165, 1.54) is 0 Å². The van der Waals surface area contributed by atoms with E-state index in [0.717, 1.165) is 22.4 Å². The third-order valence-electron chi connectivity index (χ3n) is 3.83. The monoisotopic (exact) mass is 308 g/mol. The number of benzene rings is 2. The summed E-state index contributed by atoms with van der Waals surface area (Å²) in [6.45, 7) is 0. The smallest absolute Gasteiger partial charge is 0.119 e. The van der Waals surface area contributed by atoms with Crippen LogP contribution in [0.4, 0.5) is 0 Å². The van der Waals surface area contributed by atoms with Gasteiger partial charge in [-0.2, -0.15) is 0 Å². The molecule has 20 heavy (non-hydrogen) atoms. The molecule has 3 rings (SSSR count). The Morgan fingerprint density at radius 1 is 1.05 bits per heavy atom. The molecule has 0 radical (unpaired) electrons. The van der Waals surface area contributed by atoms with Gasteiger partial charge in [-0.25, -0.2) is 0 Å². The maximum Gasteiger partial charge on any atom is 0.119 e. The molecule has 0 saturated carbocycles. The molecule has 1 aliphatic rings. The number of ether oxygens (including phenoxy) is 1. The molecule has 0 bridgehead atoms. The molecule has 0 fully saturated rings. The summed E-state index contributed by atoms with van der Waals surface area (Å²) in [5.41, 5.74) is 3.11. The molecule has 4 heteroatoms. The van der Waals surface area contributed by atoms with Crippen molar-refractivity contribution in [3.8, 4) is 5.75 Å². The Morgan fingerprint density at radius 2 is 1.85 bits per heavy atom. The molecule has 0 saturated heterocycles. The molecule has 0 aromatic heterocycles. The number of hydrogen-bond acceptors (Lipinski definition) is 2. The lowest BCUT2D eigenvalue weighted by Crippen LogP contribution is -1.97. The van der Waals surface area contributed by atoms with Crippen LogP contribution in [-0.2, 0) is 0 Å². The highest BCUT2D eigenvalue weighted by Gasteiger charge is 2.31. The number of halogens is 2. The fraction of sp³-hybridized carbons (Fsp3) is 0.250. The molecule has 2 aromatic carbocycles. The lowest BCUT2D eigenvalue weighted by Gasteiger charge is -2.13. The molecule has 0 spiro atoms. The van der Waals surface area contributed by atoms with Crippen molar-refractivity contribution in [2.24, 2.45) is 0 Å². The SMILES string of the molecule is COc1ccc2c(c1)[C@@H](c1ccc(Cl)c(Cl)c1)C[C@H]2O. The van der Waals surface area contributed by atoms with Gasteiger partial charge in [0.2, 0.25) is 0 Å². The lowest BCUT2D eigenvalue weighted by atomic mass is 9.93. The summed E-state index contributed by atoms with van der Waals surface area (Å²) in [5.74, 6) is 0.910. The first-order valence-electron chi connectivity index (χ1n) is 6.41. The van der Waals surface area contributed by atoms with Gasteiger partial charge in [0.1, 0.15) is 5.75 Å². The van der Waals surface area contributed by atoms with Crippen molar-refractivity contribution >= 4 is 23.2 Å². The summed E-state index contributed by atoms with van der Waals surface area (Å²) in [4.78, 5) is 0. The van der Waals surface area contributed by atoms with Crippen molar-refractivity contribution in [3.05, 3.63) is 63.1 Å². The number of rotatable bonds is 2. The lowest BCUT2D eigenvalue weighted by molar-refractivity contribution is 0.176. The van der Waals surface area contributed by atoms with Crippen LogP contribution >= 0.6 is 23.2 Å². The zero-order valence-corrected chi connectivity index (χ0v) is 12.4. The third-order valence-corrected chi connectivity index (χ3v) is 4.57. The van der Waals surface area contributed by atoms with E-state index in [1.54, 1.807) is 13.2 Å². The van der Waals surface area contributed by atoms with Gasteiger partial charge in [0.25, 0.3) is 0 Å². The maximum atomic E-state index is 10.2. The molecule has 0 heterocycles. The summed E-state index contributed by atoms with van der Waals surface area (Å²) in [5, 5.41) is 11.3. The van der Waals surface area contributed by atoms with E-state index in [4.69, 9.17) is 27.9 Å². The molecular formula is C16H14Cl2O2. The Hall–Kier alpha value is -1.22. The number of aliphatic hydroxyl groups is 1. The fourth-order valence-corrected chi connectivity index (χ4v) is 3.11. The van der Waals surface area contributed by atoms with E-state index >= 15 is 0 Å². The number of aliphatic hydroxyl groups excluding tert-OH is 1. The number of methoxy groups -OCH3 is 1. The zero-order chi connectivity index (χ0) is 14.3. The highest BCUT2D eigenvalue weighted by Crippen LogP contribution is 2.46. The van der Waals surface area contributed by atoms with Crippen LogP contribution in [0.2, 0.25) is 10.0 Å². The van der Waals surface area contributed by atoms with Crippen LogP contribution in [0.25, 0.3) is 0 Å². The van der Waals surface area contributed by atoms with Crippen molar-refractivity contribution in [1.29, 1.82) is 0 Å². The summed E-state index contributed by atoms with van der Waals surface area (Å²) in [7, 11) is 1.64. The van der Waals surface area contributed by atoms with Crippen LogP contribution in [0, 0.1) is 0 Å². The van der Waals surface area contributed by atoms with E-state index in [0.29, 0.717) is 16.5 Å². The van der Waals surface area contributed by atoms with Gasteiger partial charge in [-0.15, -0.1) is 0 Å². The van der Waals surface area contributed by atoms with Crippen molar-refractivity contribution in [1.82, 2.24) is 0 Å². The van der Waals surface area contributed by atoms with Crippen molar-refractivity contribution < 1.29 is 9.84 Å². The first-order chi connectivity index (χ1) is 9.60. The van der Waals surface area contributed by atoms with Crippen LogP contribution in [0.15, 0.2) is 36.4 Å². The van der Waals surface area contributed by atoms with Crippen LogP contribution in [0.1, 0.15) is 35.1 Å². The van der Waals surface area contributed by atoms with Crippen LogP contribution in [0.3, 0.4) is 0 Å². The predicted octanol–water partition coefficient (Wildman–Crippen LogP) is 4.57. The molecule has 2 aromatic rings. The normalized spacial score (nSPS) is 20.8. The molecule has 0 amide bonds. The van der Waals surface area contributed by atoms with Crippen LogP contribution < -0.4 is 4.74 Å². The van der Waals surface area contributed by atoms with Crippen LogP contribution in [0.5, 0.6) is 5.75 Å². The molecule has 1 N–H and O–H groups in total. The van der Waals surface area contributed by atoms with E-state index in [9.17, 15) is 5.11 Å². The van der Waals surface area contributed by atoms with E-state index < -0.39 is 6.10 Å². The predicted molar refractivity (Wildman–Crippen MR) is 80.9 cm³/mol. The number of fused-ring (bicyclic) bond motifs is 1. The van der Waals surface area contributed by atoms with E-state index in [2.05, 4.69) is 0 Å². The molecular weight excluding hydrogens is 295 g/mol. The molecule has 0 unspecified atom stereocenters. The number of hydrogen-bond donors (Lipinski definition) is 1. The largest absolute Gasteiger partial charge is 0.497 e. The first kappa shape index (κ1) is 13.7. The fourth-order valence-electron chi connectivity index (χ4n) is 2.81. The van der Waals surface area contributed by atoms with Crippen LogP contribution in [-0.4, -0.2) is 12.2 Å². The maximum absolute atomic E-state index is 10.2. The van der Waals surface area contributed by atoms with Gasteiger partial charge in [-0.3, -0.25) is 0 Å². The van der Waals surface area contributed by atoms with Gasteiger partial charge in [0.05, 0.1) is 23.3 Å². The quantitative estimate of drug-likeness (QED) is 0.880. The van der Waals surface area contributed by atoms with Gasteiger partial charge in [0, 0.05) is 5.92 Å². The summed E-state index contributed by atoms with van der Waals surface area (Å²) in [6.07, 6.45) is 0.204. The Kier molecular flexibility index (Phi) is 3.63. The Balaban J connectivity index is 2.07. The molecule has 1 aliphatic carbocycles. The summed E-state index contributed by atoms with van der Waals surface area (Å²) < 4.78 is 5.27. The summed E-state index contributed by atoms with van der Waals surface area (Å²) in [6, 6.07) is 11.4. The van der Waals surface area contributed by atoms with Crippen molar-refractivity contribution in [2.75, 3.05) is 7.11 Å². The van der Waals surface area contributed by atoms with Gasteiger partial charge in [-0.05, 0) is 47.4 Å². The standard InChI is InChI=1S/C16H14Cl2O2/c1-20-10-3-4-11-13(7-10)12(8-16(11)19)9-2-5-14(17)15(18)6-9/h2-7,12,16,19H,8H2,1H3/t12-,16-/m1/s1. The minimum atomic E-state index is -0.449. The van der Waals surface area contributed by atoms with Gasteiger partial charge >= 0.3 is 0 Å². The second kappa shape index (κ2) is 5.28. The Labute approximate surface area is 127 Å².